The Kier molecular flexibility index (Phi) is 3.21. The van der Waals surface area contributed by atoms with Crippen molar-refractivity contribution in [3.05, 3.63) is 5.69 Å². The first-order chi connectivity index (χ1) is 9.20. The van der Waals surface area contributed by atoms with Crippen LogP contribution in [0.25, 0.3) is 0 Å². The molecule has 1 aliphatic heterocycles. The molecule has 1 aromatic heterocycles. The van der Waals surface area contributed by atoms with E-state index in [2.05, 4.69) is 22.7 Å². The van der Waals surface area contributed by atoms with Crippen LogP contribution < -0.4 is 10.6 Å². The molecule has 5 nitrogen and oxygen atoms in total. The van der Waals surface area contributed by atoms with Gasteiger partial charge < -0.3 is 10.6 Å². The predicted octanol–water partition coefficient (Wildman–Crippen LogP) is 2.30. The van der Waals surface area contributed by atoms with Gasteiger partial charge in [0, 0.05) is 7.05 Å². The number of anilines is 2. The lowest BCUT2D eigenvalue weighted by atomic mass is 9.83. The summed E-state index contributed by atoms with van der Waals surface area (Å²) in [6.07, 6.45) is 6.93. The SMILES string of the molecule is CCc1nn(C)c2c1NC(=O)C(C1CCCCC1)N2. The van der Waals surface area contributed by atoms with Crippen LogP contribution in [0.1, 0.15) is 44.7 Å². The fraction of sp³-hybridized carbons (Fsp3) is 0.714. The van der Waals surface area contributed by atoms with E-state index >= 15 is 0 Å². The Bertz CT molecular complexity index is 488. The number of carbonyl (C=O) groups is 1. The molecular formula is C14H22N4O. The summed E-state index contributed by atoms with van der Waals surface area (Å²) in [6.45, 7) is 2.06. The maximum atomic E-state index is 12.3. The Morgan fingerprint density at radius 3 is 2.74 bits per heavy atom. The highest BCUT2D eigenvalue weighted by Crippen LogP contribution is 2.35. The van der Waals surface area contributed by atoms with Crippen molar-refractivity contribution >= 4 is 17.4 Å². The molecule has 3 rings (SSSR count). The van der Waals surface area contributed by atoms with Crippen LogP contribution in [0.15, 0.2) is 0 Å². The Labute approximate surface area is 113 Å². The fourth-order valence-corrected chi connectivity index (χ4v) is 3.34. The van der Waals surface area contributed by atoms with Crippen molar-refractivity contribution in [3.8, 4) is 0 Å². The second-order valence-electron chi connectivity index (χ2n) is 5.66. The van der Waals surface area contributed by atoms with Crippen LogP contribution in [0.2, 0.25) is 0 Å². The molecule has 1 aliphatic carbocycles. The van der Waals surface area contributed by atoms with Crippen molar-refractivity contribution in [2.24, 2.45) is 13.0 Å². The molecule has 2 aliphatic rings. The van der Waals surface area contributed by atoms with E-state index in [-0.39, 0.29) is 11.9 Å². The third-order valence-corrected chi connectivity index (χ3v) is 4.40. The minimum absolute atomic E-state index is 0.0899. The first kappa shape index (κ1) is 12.5. The van der Waals surface area contributed by atoms with E-state index in [1.54, 1.807) is 0 Å². The number of hydrogen-bond donors (Lipinski definition) is 2. The van der Waals surface area contributed by atoms with E-state index in [1.165, 1.54) is 19.3 Å². The molecule has 1 amide bonds. The number of fused-ring (bicyclic) bond motifs is 1. The van der Waals surface area contributed by atoms with Gasteiger partial charge in [-0.3, -0.25) is 9.48 Å². The molecule has 0 bridgehead atoms. The van der Waals surface area contributed by atoms with Gasteiger partial charge in [0.15, 0.2) is 0 Å². The molecule has 1 atom stereocenters. The zero-order valence-corrected chi connectivity index (χ0v) is 11.7. The van der Waals surface area contributed by atoms with Gasteiger partial charge in [-0.15, -0.1) is 0 Å². The molecule has 1 fully saturated rings. The second kappa shape index (κ2) is 4.87. The van der Waals surface area contributed by atoms with Gasteiger partial charge in [0.2, 0.25) is 5.91 Å². The number of carbonyl (C=O) groups excluding carboxylic acids is 1. The van der Waals surface area contributed by atoms with Crippen molar-refractivity contribution in [1.29, 1.82) is 0 Å². The predicted molar refractivity (Wildman–Crippen MR) is 75.2 cm³/mol. The van der Waals surface area contributed by atoms with Gasteiger partial charge in [-0.05, 0) is 25.2 Å². The monoisotopic (exact) mass is 262 g/mol. The van der Waals surface area contributed by atoms with Gasteiger partial charge in [-0.1, -0.05) is 26.2 Å². The minimum Gasteiger partial charge on any atom is -0.357 e. The van der Waals surface area contributed by atoms with Gasteiger partial charge in [-0.2, -0.15) is 5.10 Å². The van der Waals surface area contributed by atoms with Crippen LogP contribution in [0.4, 0.5) is 11.5 Å². The molecule has 19 heavy (non-hydrogen) atoms. The normalized spacial score (nSPS) is 23.7. The van der Waals surface area contributed by atoms with Crippen molar-refractivity contribution in [3.63, 3.8) is 0 Å². The van der Waals surface area contributed by atoms with Gasteiger partial charge >= 0.3 is 0 Å². The Morgan fingerprint density at radius 2 is 2.05 bits per heavy atom. The van der Waals surface area contributed by atoms with Gasteiger partial charge in [0.05, 0.1) is 5.69 Å². The van der Waals surface area contributed by atoms with Crippen LogP contribution in [-0.2, 0) is 18.3 Å². The molecule has 0 aromatic carbocycles. The largest absolute Gasteiger partial charge is 0.357 e. The number of aryl methyl sites for hydroxylation is 2. The average Bonchev–Trinajstić information content (AvgIpc) is 2.75. The lowest BCUT2D eigenvalue weighted by Crippen LogP contribution is -2.45. The summed E-state index contributed by atoms with van der Waals surface area (Å²) in [5.74, 6) is 1.54. The highest BCUT2D eigenvalue weighted by atomic mass is 16.2. The molecular weight excluding hydrogens is 240 g/mol. The highest BCUT2D eigenvalue weighted by Gasteiger charge is 2.35. The van der Waals surface area contributed by atoms with E-state index in [9.17, 15) is 4.79 Å². The number of nitrogens with zero attached hydrogens (tertiary/aromatic N) is 2. The summed E-state index contributed by atoms with van der Waals surface area (Å²) in [7, 11) is 1.93. The quantitative estimate of drug-likeness (QED) is 0.859. The fourth-order valence-electron chi connectivity index (χ4n) is 3.34. The first-order valence-corrected chi connectivity index (χ1v) is 7.34. The molecule has 0 saturated heterocycles. The number of amides is 1. The molecule has 2 heterocycles. The van der Waals surface area contributed by atoms with Crippen LogP contribution in [0.5, 0.6) is 0 Å². The summed E-state index contributed by atoms with van der Waals surface area (Å²) in [5, 5.41) is 11.0. The Morgan fingerprint density at radius 1 is 1.32 bits per heavy atom. The highest BCUT2D eigenvalue weighted by molar-refractivity contribution is 6.03. The van der Waals surface area contributed by atoms with E-state index in [4.69, 9.17) is 0 Å². The summed E-state index contributed by atoms with van der Waals surface area (Å²) >= 11 is 0. The molecule has 0 radical (unpaired) electrons. The summed E-state index contributed by atoms with van der Waals surface area (Å²) in [4.78, 5) is 12.3. The third kappa shape index (κ3) is 2.11. The van der Waals surface area contributed by atoms with E-state index in [1.807, 2.05) is 11.7 Å². The summed E-state index contributed by atoms with van der Waals surface area (Å²) in [5.41, 5.74) is 1.84. The molecule has 1 saturated carbocycles. The van der Waals surface area contributed by atoms with Crippen LogP contribution >= 0.6 is 0 Å². The number of nitrogens with one attached hydrogen (secondary N) is 2. The van der Waals surface area contributed by atoms with Gasteiger partial charge in [0.25, 0.3) is 0 Å². The summed E-state index contributed by atoms with van der Waals surface area (Å²) in [6, 6.07) is -0.0899. The first-order valence-electron chi connectivity index (χ1n) is 7.34. The van der Waals surface area contributed by atoms with Crippen molar-refractivity contribution in [2.75, 3.05) is 10.6 Å². The number of hydrogen-bond acceptors (Lipinski definition) is 3. The van der Waals surface area contributed by atoms with Crippen LogP contribution in [0.3, 0.4) is 0 Å². The third-order valence-electron chi connectivity index (χ3n) is 4.40. The molecule has 0 spiro atoms. The van der Waals surface area contributed by atoms with Gasteiger partial charge in [-0.25, -0.2) is 0 Å². The lowest BCUT2D eigenvalue weighted by Gasteiger charge is -2.33. The Hall–Kier alpha value is -1.52. The van der Waals surface area contributed by atoms with Crippen LogP contribution in [0, 0.1) is 5.92 Å². The smallest absolute Gasteiger partial charge is 0.247 e. The molecule has 1 aromatic rings. The minimum atomic E-state index is -0.0899. The number of aromatic nitrogens is 2. The zero-order chi connectivity index (χ0) is 13.4. The molecule has 5 heteroatoms. The van der Waals surface area contributed by atoms with Crippen molar-refractivity contribution in [1.82, 2.24) is 9.78 Å². The molecule has 1 unspecified atom stereocenters. The van der Waals surface area contributed by atoms with E-state index in [0.29, 0.717) is 5.92 Å². The molecule has 104 valence electrons. The second-order valence-corrected chi connectivity index (χ2v) is 5.66. The summed E-state index contributed by atoms with van der Waals surface area (Å²) < 4.78 is 1.85. The van der Waals surface area contributed by atoms with E-state index in [0.717, 1.165) is 36.5 Å². The van der Waals surface area contributed by atoms with Gasteiger partial charge in [0.1, 0.15) is 17.5 Å². The maximum Gasteiger partial charge on any atom is 0.247 e. The number of rotatable bonds is 2. The molecule has 2 N–H and O–H groups in total. The standard InChI is InChI=1S/C14H22N4O/c1-3-10-12-13(18(2)17-10)15-11(14(19)16-12)9-7-5-4-6-8-9/h9,11,15H,3-8H2,1-2H3,(H,16,19). The zero-order valence-electron chi connectivity index (χ0n) is 11.7. The van der Waals surface area contributed by atoms with Crippen molar-refractivity contribution in [2.45, 2.75) is 51.5 Å². The van der Waals surface area contributed by atoms with E-state index < -0.39 is 0 Å². The Balaban J connectivity index is 1.86. The average molecular weight is 262 g/mol. The van der Waals surface area contributed by atoms with Crippen LogP contribution in [-0.4, -0.2) is 21.7 Å². The topological polar surface area (TPSA) is 59.0 Å². The van der Waals surface area contributed by atoms with Crippen molar-refractivity contribution < 1.29 is 4.79 Å². The maximum absolute atomic E-state index is 12.3. The lowest BCUT2D eigenvalue weighted by molar-refractivity contribution is -0.118.